The van der Waals surface area contributed by atoms with E-state index < -0.39 is 12.0 Å². The van der Waals surface area contributed by atoms with Crippen molar-refractivity contribution in [1.82, 2.24) is 4.90 Å². The molecule has 1 aliphatic heterocycles. The summed E-state index contributed by atoms with van der Waals surface area (Å²) in [7, 11) is 0. The lowest BCUT2D eigenvalue weighted by Crippen LogP contribution is -2.46. The van der Waals surface area contributed by atoms with Gasteiger partial charge in [-0.2, -0.15) is 0 Å². The molecule has 0 radical (unpaired) electrons. The van der Waals surface area contributed by atoms with E-state index in [1.165, 1.54) is 0 Å². The van der Waals surface area contributed by atoms with Gasteiger partial charge in [0.15, 0.2) is 0 Å². The van der Waals surface area contributed by atoms with Gasteiger partial charge in [0, 0.05) is 12.6 Å². The maximum Gasteiger partial charge on any atom is 0.326 e. The van der Waals surface area contributed by atoms with Crippen LogP contribution in [0.3, 0.4) is 0 Å². The van der Waals surface area contributed by atoms with Gasteiger partial charge >= 0.3 is 5.97 Å². The number of carbonyl (C=O) groups is 2. The number of carboxylic acids is 1. The van der Waals surface area contributed by atoms with Crippen LogP contribution in [0.15, 0.2) is 0 Å². The molecule has 5 heteroatoms. The second-order valence-corrected chi connectivity index (χ2v) is 5.24. The van der Waals surface area contributed by atoms with Gasteiger partial charge in [0.05, 0.1) is 12.5 Å². The lowest BCUT2D eigenvalue weighted by atomic mass is 10.1. The molecule has 2 fully saturated rings. The minimum atomic E-state index is -0.931. The van der Waals surface area contributed by atoms with Gasteiger partial charge in [-0.25, -0.2) is 4.79 Å². The SMILES string of the molecule is CC(C(=O)O)N(C(=O)CC1CCCCO1)C1CC1. The van der Waals surface area contributed by atoms with Gasteiger partial charge < -0.3 is 14.7 Å². The molecule has 102 valence electrons. The number of aliphatic carboxylic acids is 1. The van der Waals surface area contributed by atoms with Crippen molar-refractivity contribution in [1.29, 1.82) is 0 Å². The molecule has 18 heavy (non-hydrogen) atoms. The molecular weight excluding hydrogens is 234 g/mol. The number of hydrogen-bond acceptors (Lipinski definition) is 3. The highest BCUT2D eigenvalue weighted by Crippen LogP contribution is 2.30. The zero-order chi connectivity index (χ0) is 13.1. The van der Waals surface area contributed by atoms with Crippen LogP contribution in [0.2, 0.25) is 0 Å². The Morgan fingerprint density at radius 1 is 1.33 bits per heavy atom. The minimum absolute atomic E-state index is 0.0199. The Bertz CT molecular complexity index is 321. The molecule has 0 bridgehead atoms. The quantitative estimate of drug-likeness (QED) is 0.806. The Morgan fingerprint density at radius 3 is 2.56 bits per heavy atom. The summed E-state index contributed by atoms with van der Waals surface area (Å²) in [5.41, 5.74) is 0. The number of rotatable bonds is 5. The van der Waals surface area contributed by atoms with Gasteiger partial charge in [-0.15, -0.1) is 0 Å². The molecule has 0 aromatic rings. The first-order valence-corrected chi connectivity index (χ1v) is 6.75. The molecule has 2 unspecified atom stereocenters. The van der Waals surface area contributed by atoms with Crippen LogP contribution in [0.1, 0.15) is 45.4 Å². The van der Waals surface area contributed by atoms with E-state index in [2.05, 4.69) is 0 Å². The first kappa shape index (κ1) is 13.3. The summed E-state index contributed by atoms with van der Waals surface area (Å²) in [5.74, 6) is -1.00. The van der Waals surface area contributed by atoms with Crippen LogP contribution < -0.4 is 0 Å². The van der Waals surface area contributed by atoms with Crippen LogP contribution in [-0.4, -0.2) is 46.7 Å². The molecule has 0 spiro atoms. The molecular formula is C13H21NO4. The van der Waals surface area contributed by atoms with E-state index in [4.69, 9.17) is 9.84 Å². The fourth-order valence-corrected chi connectivity index (χ4v) is 2.48. The van der Waals surface area contributed by atoms with Crippen LogP contribution in [0.5, 0.6) is 0 Å². The van der Waals surface area contributed by atoms with E-state index in [9.17, 15) is 9.59 Å². The predicted octanol–water partition coefficient (Wildman–Crippen LogP) is 1.41. The van der Waals surface area contributed by atoms with E-state index in [1.54, 1.807) is 11.8 Å². The van der Waals surface area contributed by atoms with E-state index in [1.807, 2.05) is 0 Å². The van der Waals surface area contributed by atoms with E-state index >= 15 is 0 Å². The fourth-order valence-electron chi connectivity index (χ4n) is 2.48. The number of amides is 1. The maximum atomic E-state index is 12.2. The fraction of sp³-hybridized carbons (Fsp3) is 0.846. The second-order valence-electron chi connectivity index (χ2n) is 5.24. The van der Waals surface area contributed by atoms with Gasteiger partial charge in [0.1, 0.15) is 6.04 Å². The van der Waals surface area contributed by atoms with Crippen LogP contribution >= 0.6 is 0 Å². The third kappa shape index (κ3) is 3.22. The topological polar surface area (TPSA) is 66.8 Å². The number of ether oxygens (including phenoxy) is 1. The maximum absolute atomic E-state index is 12.2. The highest BCUT2D eigenvalue weighted by atomic mass is 16.5. The van der Waals surface area contributed by atoms with Gasteiger partial charge in [-0.05, 0) is 39.0 Å². The average Bonchev–Trinajstić information content (AvgIpc) is 3.14. The second kappa shape index (κ2) is 5.69. The van der Waals surface area contributed by atoms with Gasteiger partial charge in [0.2, 0.25) is 5.91 Å². The van der Waals surface area contributed by atoms with Crippen molar-refractivity contribution < 1.29 is 19.4 Å². The summed E-state index contributed by atoms with van der Waals surface area (Å²) in [4.78, 5) is 24.8. The van der Waals surface area contributed by atoms with E-state index in [0.29, 0.717) is 6.42 Å². The predicted molar refractivity (Wildman–Crippen MR) is 65.2 cm³/mol. The molecule has 2 aliphatic rings. The van der Waals surface area contributed by atoms with Crippen molar-refractivity contribution in [3.05, 3.63) is 0 Å². The summed E-state index contributed by atoms with van der Waals surface area (Å²) in [6.45, 7) is 2.30. The number of nitrogens with zero attached hydrogens (tertiary/aromatic N) is 1. The number of carboxylic acid groups (broad SMARTS) is 1. The first-order valence-electron chi connectivity index (χ1n) is 6.75. The summed E-state index contributed by atoms with van der Waals surface area (Å²) in [5, 5.41) is 9.06. The van der Waals surface area contributed by atoms with E-state index in [0.717, 1.165) is 38.7 Å². The highest BCUT2D eigenvalue weighted by Gasteiger charge is 2.38. The van der Waals surface area contributed by atoms with Crippen molar-refractivity contribution in [3.63, 3.8) is 0 Å². The smallest absolute Gasteiger partial charge is 0.326 e. The van der Waals surface area contributed by atoms with Crippen LogP contribution in [0, 0.1) is 0 Å². The Kier molecular flexibility index (Phi) is 4.22. The van der Waals surface area contributed by atoms with Crippen molar-refractivity contribution in [3.8, 4) is 0 Å². The Morgan fingerprint density at radius 2 is 2.06 bits per heavy atom. The zero-order valence-corrected chi connectivity index (χ0v) is 10.8. The third-order valence-corrected chi connectivity index (χ3v) is 3.68. The lowest BCUT2D eigenvalue weighted by Gasteiger charge is -2.29. The standard InChI is InChI=1S/C13H21NO4/c1-9(13(16)17)14(10-5-6-10)12(15)8-11-4-2-3-7-18-11/h9-11H,2-8H2,1H3,(H,16,17). The molecule has 0 aromatic carbocycles. The third-order valence-electron chi connectivity index (χ3n) is 3.68. The Labute approximate surface area is 107 Å². The monoisotopic (exact) mass is 255 g/mol. The molecule has 1 saturated heterocycles. The summed E-state index contributed by atoms with van der Waals surface area (Å²) in [6.07, 6.45) is 5.22. The summed E-state index contributed by atoms with van der Waals surface area (Å²) < 4.78 is 5.54. The number of carbonyl (C=O) groups excluding carboxylic acids is 1. The van der Waals surface area contributed by atoms with Gasteiger partial charge in [-0.1, -0.05) is 0 Å². The van der Waals surface area contributed by atoms with Crippen LogP contribution in [-0.2, 0) is 14.3 Å². The molecule has 0 aromatic heterocycles. The molecule has 2 atom stereocenters. The largest absolute Gasteiger partial charge is 0.480 e. The first-order chi connectivity index (χ1) is 8.59. The molecule has 2 rings (SSSR count). The Hall–Kier alpha value is -1.10. The minimum Gasteiger partial charge on any atom is -0.480 e. The molecule has 5 nitrogen and oxygen atoms in total. The highest BCUT2D eigenvalue weighted by molar-refractivity contribution is 5.84. The van der Waals surface area contributed by atoms with Crippen molar-refractivity contribution in [2.24, 2.45) is 0 Å². The summed E-state index contributed by atoms with van der Waals surface area (Å²) in [6, 6.07) is -0.596. The molecule has 1 N–H and O–H groups in total. The molecule has 1 heterocycles. The van der Waals surface area contributed by atoms with Gasteiger partial charge in [-0.3, -0.25) is 4.79 Å². The average molecular weight is 255 g/mol. The zero-order valence-electron chi connectivity index (χ0n) is 10.8. The van der Waals surface area contributed by atoms with Crippen molar-refractivity contribution in [2.75, 3.05) is 6.61 Å². The Balaban J connectivity index is 1.93. The van der Waals surface area contributed by atoms with Crippen molar-refractivity contribution >= 4 is 11.9 Å². The molecule has 1 aliphatic carbocycles. The lowest BCUT2D eigenvalue weighted by molar-refractivity contribution is -0.151. The molecule has 1 saturated carbocycles. The van der Waals surface area contributed by atoms with Gasteiger partial charge in [0.25, 0.3) is 0 Å². The van der Waals surface area contributed by atoms with Crippen molar-refractivity contribution in [2.45, 2.75) is 63.6 Å². The van der Waals surface area contributed by atoms with Crippen LogP contribution in [0.4, 0.5) is 0 Å². The van der Waals surface area contributed by atoms with Crippen LogP contribution in [0.25, 0.3) is 0 Å². The summed E-state index contributed by atoms with van der Waals surface area (Å²) >= 11 is 0. The normalized spacial score (nSPS) is 25.5. The van der Waals surface area contributed by atoms with E-state index in [-0.39, 0.29) is 18.1 Å². The number of hydrogen-bond donors (Lipinski definition) is 1. The molecule has 1 amide bonds.